The van der Waals surface area contributed by atoms with Gasteiger partial charge in [-0.2, -0.15) is 0 Å². The van der Waals surface area contributed by atoms with Gasteiger partial charge in [-0.15, -0.1) is 0 Å². The molecule has 0 aliphatic carbocycles. The SMILES string of the molecule is Cc1cc(C)c(NC2CC(=O)N(c3cccc(C)c3C)C2=O)c(C)c1. The molecule has 0 bridgehead atoms. The molecule has 1 aliphatic heterocycles. The summed E-state index contributed by atoms with van der Waals surface area (Å²) in [5.41, 5.74) is 7.03. The smallest absolute Gasteiger partial charge is 0.256 e. The fourth-order valence-electron chi connectivity index (χ4n) is 3.56. The van der Waals surface area contributed by atoms with Crippen LogP contribution in [0.5, 0.6) is 0 Å². The summed E-state index contributed by atoms with van der Waals surface area (Å²) in [6.45, 7) is 10.0. The number of hydrogen-bond acceptors (Lipinski definition) is 3. The van der Waals surface area contributed by atoms with Crippen LogP contribution in [0.2, 0.25) is 0 Å². The number of benzene rings is 2. The molecule has 130 valence electrons. The summed E-state index contributed by atoms with van der Waals surface area (Å²) in [6, 6.07) is 9.35. The molecule has 4 heteroatoms. The molecule has 1 saturated heterocycles. The van der Waals surface area contributed by atoms with Crippen molar-refractivity contribution in [2.24, 2.45) is 0 Å². The zero-order valence-corrected chi connectivity index (χ0v) is 15.4. The monoisotopic (exact) mass is 336 g/mol. The van der Waals surface area contributed by atoms with Gasteiger partial charge in [-0.1, -0.05) is 29.8 Å². The van der Waals surface area contributed by atoms with E-state index in [-0.39, 0.29) is 18.2 Å². The van der Waals surface area contributed by atoms with E-state index >= 15 is 0 Å². The van der Waals surface area contributed by atoms with Crippen LogP contribution in [-0.4, -0.2) is 17.9 Å². The van der Waals surface area contributed by atoms with Crippen molar-refractivity contribution >= 4 is 23.2 Å². The lowest BCUT2D eigenvalue weighted by Gasteiger charge is -2.20. The van der Waals surface area contributed by atoms with Gasteiger partial charge in [-0.25, -0.2) is 4.90 Å². The molecule has 1 unspecified atom stereocenters. The predicted molar refractivity (Wildman–Crippen MR) is 101 cm³/mol. The summed E-state index contributed by atoms with van der Waals surface area (Å²) in [6.07, 6.45) is 0.180. The quantitative estimate of drug-likeness (QED) is 0.863. The van der Waals surface area contributed by atoms with Crippen molar-refractivity contribution in [2.45, 2.75) is 47.1 Å². The van der Waals surface area contributed by atoms with E-state index in [2.05, 4.69) is 24.4 Å². The van der Waals surface area contributed by atoms with Gasteiger partial charge in [-0.05, 0) is 62.9 Å². The molecule has 1 fully saturated rings. The second kappa shape index (κ2) is 6.36. The van der Waals surface area contributed by atoms with Crippen molar-refractivity contribution in [2.75, 3.05) is 10.2 Å². The lowest BCUT2D eigenvalue weighted by Crippen LogP contribution is -2.35. The molecule has 1 N–H and O–H groups in total. The van der Waals surface area contributed by atoms with Gasteiger partial charge in [0.2, 0.25) is 5.91 Å². The Balaban J connectivity index is 1.91. The van der Waals surface area contributed by atoms with Crippen LogP contribution in [0.25, 0.3) is 0 Å². The Morgan fingerprint density at radius 1 is 0.960 bits per heavy atom. The first-order valence-corrected chi connectivity index (χ1v) is 8.57. The summed E-state index contributed by atoms with van der Waals surface area (Å²) in [5, 5.41) is 3.31. The Kier molecular flexibility index (Phi) is 4.38. The van der Waals surface area contributed by atoms with Crippen LogP contribution in [-0.2, 0) is 9.59 Å². The maximum absolute atomic E-state index is 12.9. The third-order valence-electron chi connectivity index (χ3n) is 4.96. The Morgan fingerprint density at radius 2 is 1.60 bits per heavy atom. The number of aryl methyl sites for hydroxylation is 4. The second-order valence-electron chi connectivity index (χ2n) is 6.96. The average Bonchev–Trinajstić information content (AvgIpc) is 2.80. The predicted octanol–water partition coefficient (Wildman–Crippen LogP) is 3.97. The number of nitrogens with zero attached hydrogens (tertiary/aromatic N) is 1. The third-order valence-corrected chi connectivity index (χ3v) is 4.96. The molecule has 1 aliphatic rings. The van der Waals surface area contributed by atoms with E-state index in [1.807, 2.05) is 45.9 Å². The fraction of sp³-hybridized carbons (Fsp3) is 0.333. The molecular weight excluding hydrogens is 312 g/mol. The molecule has 0 spiro atoms. The number of carbonyl (C=O) groups excluding carboxylic acids is 2. The molecule has 0 saturated carbocycles. The summed E-state index contributed by atoms with van der Waals surface area (Å²) < 4.78 is 0. The van der Waals surface area contributed by atoms with Gasteiger partial charge in [0, 0.05) is 5.69 Å². The van der Waals surface area contributed by atoms with Gasteiger partial charge >= 0.3 is 0 Å². The minimum atomic E-state index is -0.521. The second-order valence-corrected chi connectivity index (χ2v) is 6.96. The first-order valence-electron chi connectivity index (χ1n) is 8.57. The van der Waals surface area contributed by atoms with Crippen LogP contribution in [0.15, 0.2) is 30.3 Å². The van der Waals surface area contributed by atoms with E-state index in [0.717, 1.165) is 27.9 Å². The fourth-order valence-corrected chi connectivity index (χ4v) is 3.56. The summed E-state index contributed by atoms with van der Waals surface area (Å²) >= 11 is 0. The van der Waals surface area contributed by atoms with E-state index in [4.69, 9.17) is 0 Å². The van der Waals surface area contributed by atoms with Crippen LogP contribution in [0.4, 0.5) is 11.4 Å². The van der Waals surface area contributed by atoms with E-state index in [1.165, 1.54) is 10.5 Å². The molecule has 3 rings (SSSR count). The minimum absolute atomic E-state index is 0.154. The van der Waals surface area contributed by atoms with Crippen molar-refractivity contribution in [3.8, 4) is 0 Å². The lowest BCUT2D eigenvalue weighted by molar-refractivity contribution is -0.121. The van der Waals surface area contributed by atoms with Gasteiger partial charge < -0.3 is 5.32 Å². The highest BCUT2D eigenvalue weighted by Gasteiger charge is 2.40. The van der Waals surface area contributed by atoms with Crippen molar-refractivity contribution in [3.05, 3.63) is 58.1 Å². The average molecular weight is 336 g/mol. The molecule has 0 radical (unpaired) electrons. The van der Waals surface area contributed by atoms with Crippen molar-refractivity contribution in [3.63, 3.8) is 0 Å². The van der Waals surface area contributed by atoms with Gasteiger partial charge in [0.05, 0.1) is 12.1 Å². The maximum Gasteiger partial charge on any atom is 0.256 e. The Bertz CT molecular complexity index is 847. The molecule has 4 nitrogen and oxygen atoms in total. The molecule has 2 aromatic rings. The highest BCUT2D eigenvalue weighted by Crippen LogP contribution is 2.30. The molecule has 2 aromatic carbocycles. The van der Waals surface area contributed by atoms with Crippen LogP contribution in [0, 0.1) is 34.6 Å². The van der Waals surface area contributed by atoms with Gasteiger partial charge in [-0.3, -0.25) is 9.59 Å². The largest absolute Gasteiger partial charge is 0.373 e. The molecule has 25 heavy (non-hydrogen) atoms. The van der Waals surface area contributed by atoms with Gasteiger partial charge in [0.25, 0.3) is 5.91 Å². The zero-order valence-electron chi connectivity index (χ0n) is 15.4. The van der Waals surface area contributed by atoms with Crippen LogP contribution < -0.4 is 10.2 Å². The van der Waals surface area contributed by atoms with E-state index in [9.17, 15) is 9.59 Å². The molecule has 1 atom stereocenters. The number of anilines is 2. The standard InChI is InChI=1S/C21H24N2O2/c1-12-9-14(3)20(15(4)10-12)22-17-11-19(24)23(21(17)25)18-8-6-7-13(2)16(18)5/h6-10,17,22H,11H2,1-5H3. The van der Waals surface area contributed by atoms with Crippen molar-refractivity contribution < 1.29 is 9.59 Å². The van der Waals surface area contributed by atoms with Crippen LogP contribution >= 0.6 is 0 Å². The van der Waals surface area contributed by atoms with Crippen LogP contribution in [0.1, 0.15) is 34.2 Å². The highest BCUT2D eigenvalue weighted by atomic mass is 16.2. The normalized spacial score (nSPS) is 17.3. The topological polar surface area (TPSA) is 49.4 Å². The van der Waals surface area contributed by atoms with Crippen molar-refractivity contribution in [1.82, 2.24) is 0 Å². The minimum Gasteiger partial charge on any atom is -0.373 e. The highest BCUT2D eigenvalue weighted by molar-refractivity contribution is 6.23. The number of nitrogens with one attached hydrogen (secondary N) is 1. The van der Waals surface area contributed by atoms with Crippen molar-refractivity contribution in [1.29, 1.82) is 0 Å². The summed E-state index contributed by atoms with van der Waals surface area (Å²) in [5.74, 6) is -0.336. The maximum atomic E-state index is 12.9. The Labute approximate surface area is 148 Å². The Morgan fingerprint density at radius 3 is 2.24 bits per heavy atom. The lowest BCUT2D eigenvalue weighted by atomic mass is 10.0. The van der Waals surface area contributed by atoms with Gasteiger partial charge in [0.1, 0.15) is 6.04 Å². The van der Waals surface area contributed by atoms with E-state index in [1.54, 1.807) is 0 Å². The van der Waals surface area contributed by atoms with E-state index in [0.29, 0.717) is 5.69 Å². The van der Waals surface area contributed by atoms with Crippen LogP contribution in [0.3, 0.4) is 0 Å². The Hall–Kier alpha value is -2.62. The number of carbonyl (C=O) groups is 2. The van der Waals surface area contributed by atoms with E-state index < -0.39 is 6.04 Å². The third kappa shape index (κ3) is 3.04. The number of rotatable bonds is 3. The zero-order chi connectivity index (χ0) is 18.3. The summed E-state index contributed by atoms with van der Waals surface area (Å²) in [7, 11) is 0. The molecule has 0 aromatic heterocycles. The molecule has 1 heterocycles. The molecular formula is C21H24N2O2. The number of imide groups is 1. The first-order chi connectivity index (χ1) is 11.8. The number of hydrogen-bond donors (Lipinski definition) is 1. The number of amides is 2. The van der Waals surface area contributed by atoms with Gasteiger partial charge in [0.15, 0.2) is 0 Å². The molecule has 2 amide bonds. The first kappa shape index (κ1) is 17.2. The summed E-state index contributed by atoms with van der Waals surface area (Å²) in [4.78, 5) is 26.8.